The van der Waals surface area contributed by atoms with Crippen molar-refractivity contribution in [1.82, 2.24) is 4.90 Å². The van der Waals surface area contributed by atoms with Gasteiger partial charge in [0.25, 0.3) is 0 Å². The van der Waals surface area contributed by atoms with Crippen molar-refractivity contribution in [3.63, 3.8) is 0 Å². The van der Waals surface area contributed by atoms with E-state index in [1.165, 1.54) is 11.3 Å². The molecule has 0 radical (unpaired) electrons. The van der Waals surface area contributed by atoms with Gasteiger partial charge in [-0.1, -0.05) is 26.0 Å². The summed E-state index contributed by atoms with van der Waals surface area (Å²) in [5.74, 6) is 0.608. The van der Waals surface area contributed by atoms with Crippen molar-refractivity contribution in [3.8, 4) is 0 Å². The number of rotatable bonds is 7. The van der Waals surface area contributed by atoms with Gasteiger partial charge in [0, 0.05) is 31.4 Å². The smallest absolute Gasteiger partial charge is 0.0366 e. The summed E-state index contributed by atoms with van der Waals surface area (Å²) in [5.41, 5.74) is 2.75. The molecule has 0 spiro atoms. The lowest BCUT2D eigenvalue weighted by Crippen LogP contribution is -2.36. The summed E-state index contributed by atoms with van der Waals surface area (Å²) in [4.78, 5) is 4.84. The number of anilines is 1. The molecule has 1 aromatic rings. The molecule has 1 rings (SSSR count). The molecule has 19 heavy (non-hydrogen) atoms. The van der Waals surface area contributed by atoms with Crippen molar-refractivity contribution in [1.29, 1.82) is 0 Å². The fourth-order valence-electron chi connectivity index (χ4n) is 2.08. The third-order valence-corrected chi connectivity index (χ3v) is 3.91. The Labute approximate surface area is 119 Å². The van der Waals surface area contributed by atoms with Crippen molar-refractivity contribution in [2.24, 2.45) is 0 Å². The first kappa shape index (κ1) is 16.0. The van der Waals surface area contributed by atoms with Crippen LogP contribution in [0.2, 0.25) is 0 Å². The quantitative estimate of drug-likeness (QED) is 0.733. The molecule has 0 aliphatic carbocycles. The van der Waals surface area contributed by atoms with Crippen LogP contribution in [0.3, 0.4) is 0 Å². The van der Waals surface area contributed by atoms with Crippen LogP contribution in [0.25, 0.3) is 0 Å². The molecule has 0 unspecified atom stereocenters. The number of hydrogen-bond acceptors (Lipinski definition) is 2. The molecule has 0 aromatic heterocycles. The van der Waals surface area contributed by atoms with E-state index in [9.17, 15) is 0 Å². The Morgan fingerprint density at radius 3 is 1.95 bits per heavy atom. The van der Waals surface area contributed by atoms with Crippen molar-refractivity contribution in [2.75, 3.05) is 31.6 Å². The van der Waals surface area contributed by atoms with Gasteiger partial charge in [0.2, 0.25) is 0 Å². The SMILES string of the molecule is CCN(CCN(C)C(C)C)c1ccc(C(C)C)cc1. The highest BCUT2D eigenvalue weighted by Crippen LogP contribution is 2.20. The maximum Gasteiger partial charge on any atom is 0.0366 e. The lowest BCUT2D eigenvalue weighted by Gasteiger charge is -2.28. The Kier molecular flexibility index (Phi) is 6.36. The monoisotopic (exact) mass is 262 g/mol. The topological polar surface area (TPSA) is 6.48 Å². The first-order valence-corrected chi connectivity index (χ1v) is 7.50. The van der Waals surface area contributed by atoms with E-state index in [2.05, 4.69) is 75.7 Å². The van der Waals surface area contributed by atoms with Crippen LogP contribution in [0.1, 0.15) is 46.1 Å². The minimum absolute atomic E-state index is 0.608. The third kappa shape index (κ3) is 4.87. The van der Waals surface area contributed by atoms with Crippen LogP contribution in [0.15, 0.2) is 24.3 Å². The van der Waals surface area contributed by atoms with Gasteiger partial charge in [0.15, 0.2) is 0 Å². The average Bonchev–Trinajstić information content (AvgIpc) is 2.39. The fourth-order valence-corrected chi connectivity index (χ4v) is 2.08. The number of hydrogen-bond donors (Lipinski definition) is 0. The second-order valence-corrected chi connectivity index (χ2v) is 5.90. The van der Waals surface area contributed by atoms with E-state index in [4.69, 9.17) is 0 Å². The average molecular weight is 262 g/mol. The molecule has 0 saturated carbocycles. The minimum atomic E-state index is 0.608. The van der Waals surface area contributed by atoms with Crippen LogP contribution in [-0.4, -0.2) is 37.6 Å². The Morgan fingerprint density at radius 1 is 0.947 bits per heavy atom. The van der Waals surface area contributed by atoms with Crippen LogP contribution in [0.5, 0.6) is 0 Å². The summed E-state index contributed by atoms with van der Waals surface area (Å²) in [5, 5.41) is 0. The van der Waals surface area contributed by atoms with Crippen molar-refractivity contribution >= 4 is 5.69 Å². The van der Waals surface area contributed by atoms with Gasteiger partial charge in [-0.05, 0) is 51.4 Å². The summed E-state index contributed by atoms with van der Waals surface area (Å²) in [6.45, 7) is 14.5. The van der Waals surface area contributed by atoms with E-state index < -0.39 is 0 Å². The molecule has 1 aromatic carbocycles. The summed E-state index contributed by atoms with van der Waals surface area (Å²) in [6.07, 6.45) is 0. The predicted octanol–water partition coefficient (Wildman–Crippen LogP) is 3.98. The van der Waals surface area contributed by atoms with E-state index in [0.29, 0.717) is 12.0 Å². The molecule has 0 aliphatic heterocycles. The molecular formula is C17H30N2. The molecule has 0 amide bonds. The van der Waals surface area contributed by atoms with Crippen LogP contribution >= 0.6 is 0 Å². The molecular weight excluding hydrogens is 232 g/mol. The Morgan fingerprint density at radius 2 is 1.53 bits per heavy atom. The van der Waals surface area contributed by atoms with Gasteiger partial charge in [-0.2, -0.15) is 0 Å². The number of benzene rings is 1. The highest BCUT2D eigenvalue weighted by Gasteiger charge is 2.08. The zero-order valence-electron chi connectivity index (χ0n) is 13.5. The standard InChI is InChI=1S/C17H30N2/c1-7-19(13-12-18(6)15(4)5)17-10-8-16(9-11-17)14(2)3/h8-11,14-15H,7,12-13H2,1-6H3. The summed E-state index contributed by atoms with van der Waals surface area (Å²) in [6, 6.07) is 9.65. The molecule has 108 valence electrons. The second-order valence-electron chi connectivity index (χ2n) is 5.90. The first-order valence-electron chi connectivity index (χ1n) is 7.50. The summed E-state index contributed by atoms with van der Waals surface area (Å²) >= 11 is 0. The van der Waals surface area contributed by atoms with E-state index in [1.54, 1.807) is 0 Å². The first-order chi connectivity index (χ1) is 8.95. The zero-order valence-corrected chi connectivity index (χ0v) is 13.5. The maximum atomic E-state index is 2.45. The van der Waals surface area contributed by atoms with E-state index in [0.717, 1.165) is 19.6 Å². The summed E-state index contributed by atoms with van der Waals surface area (Å²) in [7, 11) is 2.19. The van der Waals surface area contributed by atoms with Gasteiger partial charge in [0.1, 0.15) is 0 Å². The Balaban J connectivity index is 2.64. The molecule has 0 fully saturated rings. The van der Waals surface area contributed by atoms with Crippen molar-refractivity contribution < 1.29 is 0 Å². The van der Waals surface area contributed by atoms with Gasteiger partial charge in [-0.25, -0.2) is 0 Å². The van der Waals surface area contributed by atoms with Gasteiger partial charge in [-0.15, -0.1) is 0 Å². The summed E-state index contributed by atoms with van der Waals surface area (Å²) < 4.78 is 0. The molecule has 0 bridgehead atoms. The van der Waals surface area contributed by atoms with Crippen molar-refractivity contribution in [3.05, 3.63) is 29.8 Å². The predicted molar refractivity (Wildman–Crippen MR) is 86.2 cm³/mol. The molecule has 0 heterocycles. The van der Waals surface area contributed by atoms with E-state index in [-0.39, 0.29) is 0 Å². The van der Waals surface area contributed by atoms with Crippen molar-refractivity contribution in [2.45, 2.75) is 46.6 Å². The molecule has 0 saturated heterocycles. The molecule has 2 nitrogen and oxygen atoms in total. The highest BCUT2D eigenvalue weighted by molar-refractivity contribution is 5.48. The highest BCUT2D eigenvalue weighted by atomic mass is 15.2. The maximum absolute atomic E-state index is 2.45. The Bertz CT molecular complexity index is 354. The van der Waals surface area contributed by atoms with Gasteiger partial charge >= 0.3 is 0 Å². The van der Waals surface area contributed by atoms with Crippen LogP contribution in [0.4, 0.5) is 5.69 Å². The van der Waals surface area contributed by atoms with Crippen LogP contribution < -0.4 is 4.90 Å². The molecule has 0 N–H and O–H groups in total. The van der Waals surface area contributed by atoms with Gasteiger partial charge in [0.05, 0.1) is 0 Å². The molecule has 2 heteroatoms. The minimum Gasteiger partial charge on any atom is -0.371 e. The lowest BCUT2D eigenvalue weighted by molar-refractivity contribution is 0.279. The number of nitrogens with zero attached hydrogens (tertiary/aromatic N) is 2. The number of likely N-dealkylation sites (N-methyl/N-ethyl adjacent to an activating group) is 2. The zero-order chi connectivity index (χ0) is 14.4. The third-order valence-electron chi connectivity index (χ3n) is 3.91. The van der Waals surface area contributed by atoms with E-state index in [1.807, 2.05) is 0 Å². The largest absolute Gasteiger partial charge is 0.371 e. The van der Waals surface area contributed by atoms with Gasteiger partial charge < -0.3 is 9.80 Å². The fraction of sp³-hybridized carbons (Fsp3) is 0.647. The van der Waals surface area contributed by atoms with Crippen LogP contribution in [0, 0.1) is 0 Å². The lowest BCUT2D eigenvalue weighted by atomic mass is 10.0. The molecule has 0 aliphatic rings. The second kappa shape index (κ2) is 7.54. The Hall–Kier alpha value is -1.02. The van der Waals surface area contributed by atoms with Crippen LogP contribution in [-0.2, 0) is 0 Å². The molecule has 0 atom stereocenters. The van der Waals surface area contributed by atoms with Gasteiger partial charge in [-0.3, -0.25) is 0 Å². The normalized spacial score (nSPS) is 11.6. The van der Waals surface area contributed by atoms with E-state index >= 15 is 0 Å².